The molecular formula is C16H19ClN2O. The van der Waals surface area contributed by atoms with Gasteiger partial charge in [0.1, 0.15) is 5.75 Å². The largest absolute Gasteiger partial charge is 0.496 e. The van der Waals surface area contributed by atoms with E-state index in [1.807, 2.05) is 30.5 Å². The van der Waals surface area contributed by atoms with E-state index in [1.54, 1.807) is 13.3 Å². The summed E-state index contributed by atoms with van der Waals surface area (Å²) in [5, 5.41) is 4.20. The van der Waals surface area contributed by atoms with E-state index in [1.165, 1.54) is 0 Å². The molecule has 4 heteroatoms. The topological polar surface area (TPSA) is 34.1 Å². The molecule has 20 heavy (non-hydrogen) atoms. The van der Waals surface area contributed by atoms with Gasteiger partial charge in [-0.1, -0.05) is 24.6 Å². The van der Waals surface area contributed by atoms with Crippen molar-refractivity contribution in [3.05, 3.63) is 58.9 Å². The number of hydrogen-bond donors (Lipinski definition) is 1. The minimum absolute atomic E-state index is 0.195. The van der Waals surface area contributed by atoms with Crippen LogP contribution in [0, 0.1) is 0 Å². The molecule has 1 aromatic carbocycles. The van der Waals surface area contributed by atoms with Gasteiger partial charge in [-0.25, -0.2) is 0 Å². The summed E-state index contributed by atoms with van der Waals surface area (Å²) >= 11 is 6.09. The molecule has 0 amide bonds. The summed E-state index contributed by atoms with van der Waals surface area (Å²) < 4.78 is 5.41. The zero-order valence-electron chi connectivity index (χ0n) is 11.8. The van der Waals surface area contributed by atoms with Gasteiger partial charge in [-0.2, -0.15) is 0 Å². The Kier molecular flexibility index (Phi) is 5.39. The van der Waals surface area contributed by atoms with E-state index >= 15 is 0 Å². The Bertz CT molecular complexity index is 545. The standard InChI is InChI=1S/C16H19ClN2O/c1-3-19-15(12-5-4-8-18-11-12)10-13-9-14(17)6-7-16(13)20-2/h4-9,11,15,19H,3,10H2,1-2H3. The molecule has 0 fully saturated rings. The molecule has 0 aliphatic rings. The summed E-state index contributed by atoms with van der Waals surface area (Å²) in [6.07, 6.45) is 4.49. The van der Waals surface area contributed by atoms with E-state index in [-0.39, 0.29) is 6.04 Å². The molecule has 106 valence electrons. The molecule has 0 radical (unpaired) electrons. The smallest absolute Gasteiger partial charge is 0.122 e. The molecular weight excluding hydrogens is 272 g/mol. The van der Waals surface area contributed by atoms with Gasteiger partial charge in [-0.3, -0.25) is 4.98 Å². The van der Waals surface area contributed by atoms with Gasteiger partial charge < -0.3 is 10.1 Å². The number of likely N-dealkylation sites (N-methyl/N-ethyl adjacent to an activating group) is 1. The predicted octanol–water partition coefficient (Wildman–Crippen LogP) is 3.64. The Morgan fingerprint density at radius 2 is 2.20 bits per heavy atom. The fourth-order valence-electron chi connectivity index (χ4n) is 2.26. The zero-order valence-corrected chi connectivity index (χ0v) is 12.5. The van der Waals surface area contributed by atoms with Crippen LogP contribution >= 0.6 is 11.6 Å². The third-order valence-electron chi connectivity index (χ3n) is 3.20. The number of ether oxygens (including phenoxy) is 1. The molecule has 0 aliphatic carbocycles. The highest BCUT2D eigenvalue weighted by Crippen LogP contribution is 2.27. The first-order valence-corrected chi connectivity index (χ1v) is 7.08. The molecule has 0 saturated carbocycles. The van der Waals surface area contributed by atoms with Crippen molar-refractivity contribution >= 4 is 11.6 Å². The van der Waals surface area contributed by atoms with Crippen LogP contribution in [0.25, 0.3) is 0 Å². The summed E-state index contributed by atoms with van der Waals surface area (Å²) in [5.41, 5.74) is 2.26. The molecule has 1 aromatic heterocycles. The number of hydrogen-bond acceptors (Lipinski definition) is 3. The van der Waals surface area contributed by atoms with Crippen molar-refractivity contribution in [2.45, 2.75) is 19.4 Å². The number of rotatable bonds is 6. The van der Waals surface area contributed by atoms with Crippen molar-refractivity contribution in [1.82, 2.24) is 10.3 Å². The van der Waals surface area contributed by atoms with Crippen LogP contribution in [0.5, 0.6) is 5.75 Å². The van der Waals surface area contributed by atoms with E-state index in [0.717, 1.165) is 34.9 Å². The number of nitrogens with one attached hydrogen (secondary N) is 1. The van der Waals surface area contributed by atoms with Gasteiger partial charge in [0.05, 0.1) is 7.11 Å². The van der Waals surface area contributed by atoms with Crippen LogP contribution in [0.2, 0.25) is 5.02 Å². The van der Waals surface area contributed by atoms with Crippen LogP contribution < -0.4 is 10.1 Å². The summed E-state index contributed by atoms with van der Waals surface area (Å²) in [6.45, 7) is 2.99. The number of pyridine rings is 1. The van der Waals surface area contributed by atoms with Crippen LogP contribution in [-0.4, -0.2) is 18.6 Å². The molecule has 1 atom stereocenters. The van der Waals surface area contributed by atoms with E-state index in [0.29, 0.717) is 0 Å². The summed E-state index contributed by atoms with van der Waals surface area (Å²) in [5.74, 6) is 0.862. The SMILES string of the molecule is CCNC(Cc1cc(Cl)ccc1OC)c1cccnc1. The Balaban J connectivity index is 2.26. The number of halogens is 1. The average molecular weight is 291 g/mol. The van der Waals surface area contributed by atoms with Gasteiger partial charge in [0.2, 0.25) is 0 Å². The highest BCUT2D eigenvalue weighted by Gasteiger charge is 2.14. The second-order valence-electron chi connectivity index (χ2n) is 4.56. The van der Waals surface area contributed by atoms with Crippen molar-refractivity contribution in [3.63, 3.8) is 0 Å². The van der Waals surface area contributed by atoms with Crippen molar-refractivity contribution in [3.8, 4) is 5.75 Å². The first kappa shape index (κ1) is 14.8. The normalized spacial score (nSPS) is 12.2. The van der Waals surface area contributed by atoms with Crippen LogP contribution in [0.1, 0.15) is 24.1 Å². The van der Waals surface area contributed by atoms with Crippen LogP contribution in [-0.2, 0) is 6.42 Å². The Hall–Kier alpha value is -1.58. The van der Waals surface area contributed by atoms with Gasteiger partial charge in [0.15, 0.2) is 0 Å². The molecule has 2 aromatic rings. The Labute approximate surface area is 124 Å². The quantitative estimate of drug-likeness (QED) is 0.882. The van der Waals surface area contributed by atoms with E-state index < -0.39 is 0 Å². The Morgan fingerprint density at radius 1 is 1.35 bits per heavy atom. The molecule has 0 bridgehead atoms. The van der Waals surface area contributed by atoms with Crippen molar-refractivity contribution in [1.29, 1.82) is 0 Å². The molecule has 2 rings (SSSR count). The van der Waals surface area contributed by atoms with E-state index in [9.17, 15) is 0 Å². The zero-order chi connectivity index (χ0) is 14.4. The fraction of sp³-hybridized carbons (Fsp3) is 0.312. The third-order valence-corrected chi connectivity index (χ3v) is 3.44. The predicted molar refractivity (Wildman–Crippen MR) is 82.4 cm³/mol. The van der Waals surface area contributed by atoms with Gasteiger partial charge in [-0.15, -0.1) is 0 Å². The van der Waals surface area contributed by atoms with Gasteiger partial charge in [0.25, 0.3) is 0 Å². The summed E-state index contributed by atoms with van der Waals surface area (Å²) in [6, 6.07) is 9.94. The van der Waals surface area contributed by atoms with Crippen LogP contribution in [0.3, 0.4) is 0 Å². The molecule has 3 nitrogen and oxygen atoms in total. The van der Waals surface area contributed by atoms with E-state index in [4.69, 9.17) is 16.3 Å². The Morgan fingerprint density at radius 3 is 2.85 bits per heavy atom. The maximum Gasteiger partial charge on any atom is 0.122 e. The minimum atomic E-state index is 0.195. The lowest BCUT2D eigenvalue weighted by Crippen LogP contribution is -2.23. The van der Waals surface area contributed by atoms with Crippen LogP contribution in [0.15, 0.2) is 42.7 Å². The second kappa shape index (κ2) is 7.27. The van der Waals surface area contributed by atoms with Crippen LogP contribution in [0.4, 0.5) is 0 Å². The maximum atomic E-state index is 6.09. The summed E-state index contributed by atoms with van der Waals surface area (Å²) in [7, 11) is 1.68. The van der Waals surface area contributed by atoms with Gasteiger partial charge in [0, 0.05) is 23.5 Å². The average Bonchev–Trinajstić information content (AvgIpc) is 2.48. The van der Waals surface area contributed by atoms with Gasteiger partial charge >= 0.3 is 0 Å². The first-order valence-electron chi connectivity index (χ1n) is 6.70. The third kappa shape index (κ3) is 3.71. The number of nitrogens with zero attached hydrogens (tertiary/aromatic N) is 1. The monoisotopic (exact) mass is 290 g/mol. The first-order chi connectivity index (χ1) is 9.74. The lowest BCUT2D eigenvalue weighted by Gasteiger charge is -2.19. The molecule has 0 spiro atoms. The number of methoxy groups -OCH3 is 1. The highest BCUT2D eigenvalue weighted by molar-refractivity contribution is 6.30. The molecule has 1 N–H and O–H groups in total. The fourth-order valence-corrected chi connectivity index (χ4v) is 2.46. The highest BCUT2D eigenvalue weighted by atomic mass is 35.5. The van der Waals surface area contributed by atoms with E-state index in [2.05, 4.69) is 23.3 Å². The second-order valence-corrected chi connectivity index (χ2v) is 4.99. The minimum Gasteiger partial charge on any atom is -0.496 e. The van der Waals surface area contributed by atoms with Crippen molar-refractivity contribution in [2.24, 2.45) is 0 Å². The van der Waals surface area contributed by atoms with Gasteiger partial charge in [-0.05, 0) is 48.4 Å². The lowest BCUT2D eigenvalue weighted by atomic mass is 9.99. The molecule has 1 heterocycles. The molecule has 1 unspecified atom stereocenters. The number of aromatic nitrogens is 1. The number of benzene rings is 1. The summed E-state index contributed by atoms with van der Waals surface area (Å²) in [4.78, 5) is 4.19. The lowest BCUT2D eigenvalue weighted by molar-refractivity contribution is 0.405. The van der Waals surface area contributed by atoms with Crippen molar-refractivity contribution < 1.29 is 4.74 Å². The van der Waals surface area contributed by atoms with Crippen molar-refractivity contribution in [2.75, 3.05) is 13.7 Å². The molecule has 0 saturated heterocycles. The maximum absolute atomic E-state index is 6.09. The molecule has 0 aliphatic heterocycles.